The van der Waals surface area contributed by atoms with Gasteiger partial charge >= 0.3 is 0 Å². The van der Waals surface area contributed by atoms with E-state index in [2.05, 4.69) is 19.1 Å². The summed E-state index contributed by atoms with van der Waals surface area (Å²) in [5.74, 6) is 0. The molecule has 0 aliphatic rings. The van der Waals surface area contributed by atoms with E-state index in [4.69, 9.17) is 10.5 Å². The van der Waals surface area contributed by atoms with E-state index in [0.29, 0.717) is 13.2 Å². The molecule has 72 valence electrons. The SMILES string of the molecule is CCC(OCCN)c1ccccc1. The van der Waals surface area contributed by atoms with Crippen LogP contribution in [-0.4, -0.2) is 13.2 Å². The highest BCUT2D eigenvalue weighted by Gasteiger charge is 2.07. The highest BCUT2D eigenvalue weighted by Crippen LogP contribution is 2.19. The first-order valence-electron chi connectivity index (χ1n) is 4.75. The molecule has 2 nitrogen and oxygen atoms in total. The maximum Gasteiger partial charge on any atom is 0.0822 e. The van der Waals surface area contributed by atoms with E-state index in [9.17, 15) is 0 Å². The molecule has 13 heavy (non-hydrogen) atoms. The Balaban J connectivity index is 2.56. The third-order valence-electron chi connectivity index (χ3n) is 1.98. The predicted molar refractivity (Wildman–Crippen MR) is 54.5 cm³/mol. The summed E-state index contributed by atoms with van der Waals surface area (Å²) in [6, 6.07) is 10.3. The van der Waals surface area contributed by atoms with Gasteiger partial charge in [0, 0.05) is 6.54 Å². The van der Waals surface area contributed by atoms with Gasteiger partial charge in [-0.1, -0.05) is 37.3 Å². The van der Waals surface area contributed by atoms with Gasteiger partial charge in [-0.3, -0.25) is 0 Å². The van der Waals surface area contributed by atoms with Crippen molar-refractivity contribution >= 4 is 0 Å². The number of rotatable bonds is 5. The molecule has 0 radical (unpaired) electrons. The quantitative estimate of drug-likeness (QED) is 0.751. The summed E-state index contributed by atoms with van der Waals surface area (Å²) in [5, 5.41) is 0. The molecule has 0 aromatic heterocycles. The highest BCUT2D eigenvalue weighted by atomic mass is 16.5. The summed E-state index contributed by atoms with van der Waals surface area (Å²) >= 11 is 0. The van der Waals surface area contributed by atoms with Gasteiger partial charge in [0.05, 0.1) is 12.7 Å². The molecular formula is C11H17NO. The Bertz CT molecular complexity index is 223. The summed E-state index contributed by atoms with van der Waals surface area (Å²) in [6.45, 7) is 3.34. The van der Waals surface area contributed by atoms with Crippen LogP contribution in [0.5, 0.6) is 0 Å². The Kier molecular flexibility index (Phi) is 4.50. The monoisotopic (exact) mass is 179 g/mol. The summed E-state index contributed by atoms with van der Waals surface area (Å²) in [4.78, 5) is 0. The largest absolute Gasteiger partial charge is 0.372 e. The van der Waals surface area contributed by atoms with Crippen molar-refractivity contribution in [3.05, 3.63) is 35.9 Å². The Morgan fingerprint density at radius 2 is 2.00 bits per heavy atom. The van der Waals surface area contributed by atoms with Gasteiger partial charge < -0.3 is 10.5 Å². The van der Waals surface area contributed by atoms with Crippen LogP contribution in [0, 0.1) is 0 Å². The maximum absolute atomic E-state index is 5.60. The van der Waals surface area contributed by atoms with Gasteiger partial charge in [0.2, 0.25) is 0 Å². The molecule has 1 rings (SSSR count). The van der Waals surface area contributed by atoms with E-state index in [1.165, 1.54) is 5.56 Å². The van der Waals surface area contributed by atoms with Crippen LogP contribution in [0.25, 0.3) is 0 Å². The van der Waals surface area contributed by atoms with Gasteiger partial charge in [0.25, 0.3) is 0 Å². The van der Waals surface area contributed by atoms with Crippen molar-refractivity contribution < 1.29 is 4.74 Å². The fraction of sp³-hybridized carbons (Fsp3) is 0.455. The average Bonchev–Trinajstić information content (AvgIpc) is 2.21. The maximum atomic E-state index is 5.60. The van der Waals surface area contributed by atoms with Crippen LogP contribution in [0.15, 0.2) is 30.3 Å². The topological polar surface area (TPSA) is 35.2 Å². The van der Waals surface area contributed by atoms with Gasteiger partial charge in [-0.25, -0.2) is 0 Å². The molecular weight excluding hydrogens is 162 g/mol. The highest BCUT2D eigenvalue weighted by molar-refractivity contribution is 5.17. The number of ether oxygens (including phenoxy) is 1. The molecule has 2 heteroatoms. The zero-order chi connectivity index (χ0) is 9.52. The lowest BCUT2D eigenvalue weighted by molar-refractivity contribution is 0.0556. The van der Waals surface area contributed by atoms with E-state index in [-0.39, 0.29) is 6.10 Å². The molecule has 1 aromatic carbocycles. The molecule has 2 N–H and O–H groups in total. The summed E-state index contributed by atoms with van der Waals surface area (Å²) in [7, 11) is 0. The van der Waals surface area contributed by atoms with Gasteiger partial charge in [0.15, 0.2) is 0 Å². The average molecular weight is 179 g/mol. The molecule has 1 aromatic rings. The van der Waals surface area contributed by atoms with Crippen molar-refractivity contribution in [2.45, 2.75) is 19.4 Å². The normalized spacial score (nSPS) is 12.8. The van der Waals surface area contributed by atoms with Crippen molar-refractivity contribution in [1.82, 2.24) is 0 Å². The minimum atomic E-state index is 0.199. The summed E-state index contributed by atoms with van der Waals surface area (Å²) < 4.78 is 5.60. The molecule has 0 saturated heterocycles. The van der Waals surface area contributed by atoms with Crippen LogP contribution < -0.4 is 5.73 Å². The van der Waals surface area contributed by atoms with Crippen LogP contribution in [0.1, 0.15) is 25.0 Å². The zero-order valence-electron chi connectivity index (χ0n) is 8.07. The molecule has 0 fully saturated rings. The predicted octanol–water partition coefficient (Wildman–Crippen LogP) is 2.11. The van der Waals surface area contributed by atoms with E-state index in [0.717, 1.165) is 6.42 Å². The van der Waals surface area contributed by atoms with Crippen LogP contribution in [0.4, 0.5) is 0 Å². The minimum Gasteiger partial charge on any atom is -0.372 e. The Labute approximate surface area is 79.7 Å². The van der Waals surface area contributed by atoms with Crippen molar-refractivity contribution in [3.8, 4) is 0 Å². The third-order valence-corrected chi connectivity index (χ3v) is 1.98. The molecule has 0 saturated carbocycles. The first-order valence-corrected chi connectivity index (χ1v) is 4.75. The lowest BCUT2D eigenvalue weighted by Gasteiger charge is -2.15. The molecule has 0 amide bonds. The molecule has 1 unspecified atom stereocenters. The lowest BCUT2D eigenvalue weighted by Crippen LogP contribution is -2.12. The van der Waals surface area contributed by atoms with E-state index < -0.39 is 0 Å². The van der Waals surface area contributed by atoms with Gasteiger partial charge in [0.1, 0.15) is 0 Å². The first kappa shape index (κ1) is 10.2. The van der Waals surface area contributed by atoms with Crippen LogP contribution >= 0.6 is 0 Å². The second-order valence-electron chi connectivity index (χ2n) is 2.97. The fourth-order valence-electron chi connectivity index (χ4n) is 1.33. The third kappa shape index (κ3) is 3.17. The number of hydrogen-bond acceptors (Lipinski definition) is 2. The summed E-state index contributed by atoms with van der Waals surface area (Å²) in [5.41, 5.74) is 6.62. The lowest BCUT2D eigenvalue weighted by atomic mass is 10.1. The van der Waals surface area contributed by atoms with Crippen LogP contribution in [0.2, 0.25) is 0 Å². The summed E-state index contributed by atoms with van der Waals surface area (Å²) in [6.07, 6.45) is 1.19. The van der Waals surface area contributed by atoms with Crippen molar-refractivity contribution in [2.24, 2.45) is 5.73 Å². The number of hydrogen-bond donors (Lipinski definition) is 1. The van der Waals surface area contributed by atoms with Crippen LogP contribution in [-0.2, 0) is 4.74 Å². The standard InChI is InChI=1S/C11H17NO/c1-2-11(13-9-8-12)10-6-4-3-5-7-10/h3-7,11H,2,8-9,12H2,1H3. The molecule has 0 bridgehead atoms. The smallest absolute Gasteiger partial charge is 0.0822 e. The van der Waals surface area contributed by atoms with Crippen molar-refractivity contribution in [3.63, 3.8) is 0 Å². The van der Waals surface area contributed by atoms with Gasteiger partial charge in [-0.2, -0.15) is 0 Å². The number of benzene rings is 1. The van der Waals surface area contributed by atoms with E-state index in [1.807, 2.05) is 18.2 Å². The van der Waals surface area contributed by atoms with Crippen LogP contribution in [0.3, 0.4) is 0 Å². The van der Waals surface area contributed by atoms with Gasteiger partial charge in [-0.15, -0.1) is 0 Å². The second-order valence-corrected chi connectivity index (χ2v) is 2.97. The van der Waals surface area contributed by atoms with Crippen molar-refractivity contribution in [2.75, 3.05) is 13.2 Å². The first-order chi connectivity index (χ1) is 6.38. The molecule has 0 spiro atoms. The molecule has 0 aliphatic heterocycles. The molecule has 0 aliphatic carbocycles. The fourth-order valence-corrected chi connectivity index (χ4v) is 1.33. The molecule has 0 heterocycles. The Morgan fingerprint density at radius 1 is 1.31 bits per heavy atom. The van der Waals surface area contributed by atoms with E-state index in [1.54, 1.807) is 0 Å². The second kappa shape index (κ2) is 5.73. The number of nitrogens with two attached hydrogens (primary N) is 1. The zero-order valence-corrected chi connectivity index (χ0v) is 8.07. The molecule has 1 atom stereocenters. The minimum absolute atomic E-state index is 0.199. The van der Waals surface area contributed by atoms with Gasteiger partial charge in [-0.05, 0) is 12.0 Å². The van der Waals surface area contributed by atoms with E-state index >= 15 is 0 Å². The van der Waals surface area contributed by atoms with Crippen molar-refractivity contribution in [1.29, 1.82) is 0 Å². The Morgan fingerprint density at radius 3 is 2.54 bits per heavy atom. The Hall–Kier alpha value is -0.860.